The Balaban J connectivity index is 1.61. The summed E-state index contributed by atoms with van der Waals surface area (Å²) >= 11 is 7.58. The molecule has 13 heteroatoms. The summed E-state index contributed by atoms with van der Waals surface area (Å²) in [4.78, 5) is 13.0. The van der Waals surface area contributed by atoms with Crippen LogP contribution in [0.15, 0.2) is 65.7 Å². The van der Waals surface area contributed by atoms with Crippen LogP contribution in [0.1, 0.15) is 55.6 Å². The minimum absolute atomic E-state index is 0.194. The smallest absolute Gasteiger partial charge is 0.347 e. The minimum Gasteiger partial charge on any atom is -0.493 e. The summed E-state index contributed by atoms with van der Waals surface area (Å²) in [6, 6.07) is 14.4. The first-order valence-corrected chi connectivity index (χ1v) is 16.2. The molecule has 1 fully saturated rings. The third-order valence-corrected chi connectivity index (χ3v) is 8.67. The van der Waals surface area contributed by atoms with Gasteiger partial charge in [-0.1, -0.05) is 29.4 Å². The van der Waals surface area contributed by atoms with Crippen molar-refractivity contribution in [3.63, 3.8) is 0 Å². The standard InChI is InChI=1S/C34H41ClN2O9S/c1-20(38)37(40)34(39)36-15-7-8-22-16-23(17-29(41-3)32(22)45-21(2)47-26-11-9-25(35)10-12-26)27-13-14-28(46-27)24-18-30(42-4)33(44-6)31(19-24)43-5/h7,9-12,15-21,27-28,38,40H,8,13-14H2,1-6H3,(H,36,39)/b15-7+. The fraction of sp³-hybridized carbons (Fsp3) is 0.382. The number of rotatable bonds is 14. The SMILES string of the molecule is COc1cc(C2CCC(c3cc(OC)c(OC)c(OC)c3)O2)cc(C/C=C/NC(=O)N(O)C(C)O)c1OC(C)Sc1ccc(Cl)cc1. The van der Waals surface area contributed by atoms with Crippen LogP contribution < -0.4 is 29.0 Å². The van der Waals surface area contributed by atoms with E-state index in [1.165, 1.54) is 24.9 Å². The highest BCUT2D eigenvalue weighted by atomic mass is 35.5. The molecule has 1 aliphatic heterocycles. The Morgan fingerprint density at radius 3 is 2.04 bits per heavy atom. The van der Waals surface area contributed by atoms with Gasteiger partial charge >= 0.3 is 6.03 Å². The van der Waals surface area contributed by atoms with Gasteiger partial charge in [-0.15, -0.1) is 0 Å². The van der Waals surface area contributed by atoms with Crippen molar-refractivity contribution >= 4 is 29.4 Å². The monoisotopic (exact) mass is 688 g/mol. The summed E-state index contributed by atoms with van der Waals surface area (Å²) in [5.74, 6) is 2.72. The van der Waals surface area contributed by atoms with E-state index in [2.05, 4.69) is 5.32 Å². The molecule has 4 rings (SSSR count). The van der Waals surface area contributed by atoms with E-state index >= 15 is 0 Å². The number of carbonyl (C=O) groups is 1. The first kappa shape index (κ1) is 36.0. The topological polar surface area (TPSA) is 128 Å². The van der Waals surface area contributed by atoms with Gasteiger partial charge in [-0.25, -0.2) is 4.79 Å². The first-order valence-electron chi connectivity index (χ1n) is 14.9. The number of hydroxylamine groups is 2. The molecule has 0 bridgehead atoms. The molecule has 0 saturated carbocycles. The third kappa shape index (κ3) is 9.17. The van der Waals surface area contributed by atoms with Gasteiger partial charge in [-0.2, -0.15) is 5.06 Å². The zero-order valence-electron chi connectivity index (χ0n) is 27.2. The molecule has 0 radical (unpaired) electrons. The van der Waals surface area contributed by atoms with Gasteiger partial charge in [-0.3, -0.25) is 5.21 Å². The lowest BCUT2D eigenvalue weighted by molar-refractivity contribution is -0.144. The van der Waals surface area contributed by atoms with Crippen LogP contribution in [-0.4, -0.2) is 61.5 Å². The van der Waals surface area contributed by atoms with Crippen molar-refractivity contribution in [2.45, 2.75) is 61.9 Å². The van der Waals surface area contributed by atoms with Crippen molar-refractivity contribution in [3.8, 4) is 28.7 Å². The van der Waals surface area contributed by atoms with Crippen molar-refractivity contribution in [3.05, 3.63) is 82.5 Å². The van der Waals surface area contributed by atoms with Crippen molar-refractivity contribution < 1.29 is 43.5 Å². The van der Waals surface area contributed by atoms with E-state index in [0.717, 1.165) is 34.4 Å². The average molecular weight is 689 g/mol. The molecule has 3 aromatic carbocycles. The Labute approximate surface area is 284 Å². The number of amides is 2. The molecule has 254 valence electrons. The van der Waals surface area contributed by atoms with Gasteiger partial charge in [0.1, 0.15) is 5.44 Å². The quantitative estimate of drug-likeness (QED) is 0.0688. The van der Waals surface area contributed by atoms with Crippen LogP contribution in [0.25, 0.3) is 0 Å². The number of nitrogens with zero attached hydrogens (tertiary/aromatic N) is 1. The predicted octanol–water partition coefficient (Wildman–Crippen LogP) is 7.28. The molecule has 4 unspecified atom stereocenters. The van der Waals surface area contributed by atoms with Crippen LogP contribution >= 0.6 is 23.4 Å². The fourth-order valence-corrected chi connectivity index (χ4v) is 6.11. The highest BCUT2D eigenvalue weighted by molar-refractivity contribution is 7.99. The van der Waals surface area contributed by atoms with Gasteiger partial charge in [0.2, 0.25) is 5.75 Å². The van der Waals surface area contributed by atoms with Gasteiger partial charge in [0.25, 0.3) is 0 Å². The number of methoxy groups -OCH3 is 4. The number of hydrogen-bond donors (Lipinski definition) is 3. The number of thioether (sulfide) groups is 1. The maximum Gasteiger partial charge on any atom is 0.347 e. The normalized spacial score (nSPS) is 17.2. The predicted molar refractivity (Wildman–Crippen MR) is 179 cm³/mol. The lowest BCUT2D eigenvalue weighted by Crippen LogP contribution is -2.40. The largest absolute Gasteiger partial charge is 0.493 e. The second-order valence-electron chi connectivity index (χ2n) is 10.7. The highest BCUT2D eigenvalue weighted by Gasteiger charge is 2.31. The molecule has 4 atom stereocenters. The summed E-state index contributed by atoms with van der Waals surface area (Å²) in [7, 11) is 6.32. The number of benzene rings is 3. The van der Waals surface area contributed by atoms with E-state index in [1.807, 2.05) is 55.5 Å². The Morgan fingerprint density at radius 1 is 0.957 bits per heavy atom. The van der Waals surface area contributed by atoms with E-state index in [-0.39, 0.29) is 22.7 Å². The Hall–Kier alpha value is -3.81. The molecule has 1 saturated heterocycles. The summed E-state index contributed by atoms with van der Waals surface area (Å²) < 4.78 is 35.4. The number of ether oxygens (including phenoxy) is 6. The number of urea groups is 1. The fourth-order valence-electron chi connectivity index (χ4n) is 5.17. The van der Waals surface area contributed by atoms with Crippen molar-refractivity contribution in [2.24, 2.45) is 0 Å². The second-order valence-corrected chi connectivity index (χ2v) is 12.5. The van der Waals surface area contributed by atoms with Gasteiger partial charge in [0.05, 0.1) is 40.6 Å². The second kappa shape index (κ2) is 16.8. The Morgan fingerprint density at radius 2 is 1.51 bits per heavy atom. The molecule has 1 heterocycles. The Kier molecular flexibility index (Phi) is 12.9. The van der Waals surface area contributed by atoms with Crippen molar-refractivity contribution in [1.29, 1.82) is 0 Å². The van der Waals surface area contributed by atoms with Crippen LogP contribution in [-0.2, 0) is 11.2 Å². The molecule has 47 heavy (non-hydrogen) atoms. The number of aliphatic hydroxyl groups is 1. The van der Waals surface area contributed by atoms with E-state index in [9.17, 15) is 15.1 Å². The van der Waals surface area contributed by atoms with E-state index < -0.39 is 12.3 Å². The first-order chi connectivity index (χ1) is 22.6. The molecule has 1 aliphatic rings. The molecule has 2 amide bonds. The minimum atomic E-state index is -1.36. The van der Waals surface area contributed by atoms with Gasteiger partial charge in [0.15, 0.2) is 29.2 Å². The molecule has 0 spiro atoms. The van der Waals surface area contributed by atoms with Crippen LogP contribution in [0.4, 0.5) is 4.79 Å². The Bertz CT molecular complexity index is 1510. The molecular weight excluding hydrogens is 648 g/mol. The number of carbonyl (C=O) groups excluding carboxylic acids is 1. The van der Waals surface area contributed by atoms with Crippen LogP contribution in [0.5, 0.6) is 28.7 Å². The van der Waals surface area contributed by atoms with E-state index in [0.29, 0.717) is 40.2 Å². The number of aliphatic hydroxyl groups excluding tert-OH is 1. The van der Waals surface area contributed by atoms with Crippen molar-refractivity contribution in [1.82, 2.24) is 10.4 Å². The summed E-state index contributed by atoms with van der Waals surface area (Å²) in [6.45, 7) is 3.21. The summed E-state index contributed by atoms with van der Waals surface area (Å²) in [5, 5.41) is 22.4. The van der Waals surface area contributed by atoms with Gasteiger partial charge < -0.3 is 38.8 Å². The summed E-state index contributed by atoms with van der Waals surface area (Å²) in [5.41, 5.74) is 2.32. The molecule has 11 nitrogen and oxygen atoms in total. The molecule has 0 aliphatic carbocycles. The molecule has 3 aromatic rings. The number of halogens is 1. The number of allylic oxidation sites excluding steroid dienone is 1. The van der Waals surface area contributed by atoms with Crippen LogP contribution in [0, 0.1) is 0 Å². The zero-order valence-corrected chi connectivity index (χ0v) is 28.8. The van der Waals surface area contributed by atoms with E-state index in [1.54, 1.807) is 34.5 Å². The number of hydrogen-bond acceptors (Lipinski definition) is 10. The lowest BCUT2D eigenvalue weighted by Gasteiger charge is -2.22. The van der Waals surface area contributed by atoms with Crippen LogP contribution in [0.2, 0.25) is 5.02 Å². The maximum atomic E-state index is 12.1. The van der Waals surface area contributed by atoms with Crippen molar-refractivity contribution in [2.75, 3.05) is 28.4 Å². The van der Waals surface area contributed by atoms with Gasteiger partial charge in [0, 0.05) is 21.7 Å². The molecule has 0 aromatic heterocycles. The lowest BCUT2D eigenvalue weighted by atomic mass is 9.99. The molecule has 3 N–H and O–H groups in total. The third-order valence-electron chi connectivity index (χ3n) is 7.45. The van der Waals surface area contributed by atoms with E-state index in [4.69, 9.17) is 40.0 Å². The molecular formula is C34H41ClN2O9S. The maximum absolute atomic E-state index is 12.1. The number of nitrogens with one attached hydrogen (secondary N) is 1. The van der Waals surface area contributed by atoms with Crippen LogP contribution in [0.3, 0.4) is 0 Å². The van der Waals surface area contributed by atoms with Gasteiger partial charge in [-0.05, 0) is 92.8 Å². The highest BCUT2D eigenvalue weighted by Crippen LogP contribution is 2.47. The zero-order chi connectivity index (χ0) is 34.1. The summed E-state index contributed by atoms with van der Waals surface area (Å²) in [6.07, 6.45) is 3.17. The average Bonchev–Trinajstić information content (AvgIpc) is 3.57.